The first kappa shape index (κ1) is 8.61. The minimum atomic E-state index is -0.824. The fourth-order valence-electron chi connectivity index (χ4n) is 0.321. The van der Waals surface area contributed by atoms with E-state index in [0.717, 1.165) is 0 Å². The molecule has 0 saturated carbocycles. The maximum Gasteiger partial charge on any atom is 0.373 e. The molecule has 0 unspecified atom stereocenters. The van der Waals surface area contributed by atoms with Crippen molar-refractivity contribution < 1.29 is 14.3 Å². The lowest BCUT2D eigenvalue weighted by Gasteiger charge is -1.99. The molecule has 0 atom stereocenters. The van der Waals surface area contributed by atoms with Crippen LogP contribution in [0.25, 0.3) is 0 Å². The number of rotatable bonds is 2. The quantitative estimate of drug-likeness (QED) is 0.232. The van der Waals surface area contributed by atoms with E-state index in [1.807, 2.05) is 5.32 Å². The highest BCUT2D eigenvalue weighted by molar-refractivity contribution is 6.35. The Morgan fingerprint density at radius 2 is 2.40 bits per heavy atom. The molecule has 0 aromatic heterocycles. The largest absolute Gasteiger partial charge is 0.460 e. The number of amidine groups is 1. The van der Waals surface area contributed by atoms with Gasteiger partial charge in [0, 0.05) is 0 Å². The van der Waals surface area contributed by atoms with E-state index in [9.17, 15) is 9.59 Å². The van der Waals surface area contributed by atoms with Crippen LogP contribution in [-0.2, 0) is 14.3 Å². The molecular formula is C5H8N2O3. The van der Waals surface area contributed by atoms with E-state index < -0.39 is 11.8 Å². The van der Waals surface area contributed by atoms with E-state index >= 15 is 0 Å². The molecule has 0 aliphatic heterocycles. The van der Waals surface area contributed by atoms with Crippen LogP contribution in [0, 0.1) is 5.41 Å². The number of carbonyl (C=O) groups excluding carboxylic acids is 2. The van der Waals surface area contributed by atoms with Crippen LogP contribution in [0.1, 0.15) is 6.92 Å². The van der Waals surface area contributed by atoms with Crippen LogP contribution in [0.15, 0.2) is 0 Å². The predicted molar refractivity (Wildman–Crippen MR) is 33.6 cm³/mol. The van der Waals surface area contributed by atoms with Crippen molar-refractivity contribution in [2.75, 3.05) is 6.61 Å². The van der Waals surface area contributed by atoms with E-state index in [0.29, 0.717) is 0 Å². The number of hydrogen-bond donors (Lipinski definition) is 2. The molecular weight excluding hydrogens is 136 g/mol. The third-order valence-electron chi connectivity index (χ3n) is 0.683. The molecule has 2 N–H and O–H groups in total. The first-order valence-corrected chi connectivity index (χ1v) is 2.68. The fourth-order valence-corrected chi connectivity index (χ4v) is 0.321. The first-order valence-electron chi connectivity index (χ1n) is 2.68. The summed E-state index contributed by atoms with van der Waals surface area (Å²) in [6.07, 6.45) is 0.249. The van der Waals surface area contributed by atoms with Crippen LogP contribution in [-0.4, -0.2) is 24.8 Å². The Kier molecular flexibility index (Phi) is 3.86. The first-order chi connectivity index (χ1) is 4.72. The van der Waals surface area contributed by atoms with E-state index in [1.54, 1.807) is 6.92 Å². The second kappa shape index (κ2) is 4.49. The van der Waals surface area contributed by atoms with Crippen LogP contribution >= 0.6 is 0 Å². The summed E-state index contributed by atoms with van der Waals surface area (Å²) < 4.78 is 4.37. The van der Waals surface area contributed by atoms with Gasteiger partial charge < -0.3 is 10.1 Å². The summed E-state index contributed by atoms with van der Waals surface area (Å²) in [6, 6.07) is 0. The number of esters is 1. The number of hydrogen-bond acceptors (Lipinski definition) is 4. The third-order valence-corrected chi connectivity index (χ3v) is 0.683. The molecule has 0 rings (SSSR count). The van der Waals surface area contributed by atoms with Crippen molar-refractivity contribution in [2.45, 2.75) is 6.92 Å². The second-order valence-electron chi connectivity index (χ2n) is 1.36. The highest BCUT2D eigenvalue weighted by atomic mass is 16.5. The zero-order valence-electron chi connectivity index (χ0n) is 5.51. The van der Waals surface area contributed by atoms with Crippen molar-refractivity contribution in [3.63, 3.8) is 0 Å². The Bertz CT molecular complexity index is 155. The van der Waals surface area contributed by atoms with Gasteiger partial charge in [-0.15, -0.1) is 0 Å². The van der Waals surface area contributed by atoms with Crippen LogP contribution in [0.5, 0.6) is 0 Å². The molecule has 0 heterocycles. The van der Waals surface area contributed by atoms with Crippen LogP contribution in [0.3, 0.4) is 0 Å². The molecule has 0 spiro atoms. The van der Waals surface area contributed by atoms with Crippen LogP contribution < -0.4 is 5.32 Å². The standard InChI is InChI=1S/C5H8N2O3/c1-2-10-5(9)4(6)7-3-8/h3H,2H2,1H3,(H2,6,7,8). The zero-order valence-corrected chi connectivity index (χ0v) is 5.51. The summed E-state index contributed by atoms with van der Waals surface area (Å²) in [6.45, 7) is 1.81. The molecule has 0 radical (unpaired) electrons. The molecule has 10 heavy (non-hydrogen) atoms. The van der Waals surface area contributed by atoms with Gasteiger partial charge >= 0.3 is 5.97 Å². The summed E-state index contributed by atoms with van der Waals surface area (Å²) in [5.41, 5.74) is 0. The van der Waals surface area contributed by atoms with E-state index in [-0.39, 0.29) is 13.0 Å². The van der Waals surface area contributed by atoms with Crippen molar-refractivity contribution in [1.82, 2.24) is 5.32 Å². The smallest absolute Gasteiger partial charge is 0.373 e. The average molecular weight is 144 g/mol. The van der Waals surface area contributed by atoms with Gasteiger partial charge in [0.05, 0.1) is 6.61 Å². The Balaban J connectivity index is 3.70. The monoisotopic (exact) mass is 144 g/mol. The van der Waals surface area contributed by atoms with Gasteiger partial charge in [-0.05, 0) is 6.92 Å². The topological polar surface area (TPSA) is 79.2 Å². The van der Waals surface area contributed by atoms with Gasteiger partial charge in [0.15, 0.2) is 0 Å². The summed E-state index contributed by atoms with van der Waals surface area (Å²) in [4.78, 5) is 20.1. The molecule has 0 aromatic carbocycles. The van der Waals surface area contributed by atoms with Crippen molar-refractivity contribution in [3.05, 3.63) is 0 Å². The molecule has 0 bridgehead atoms. The Labute approximate surface area is 57.9 Å². The Morgan fingerprint density at radius 3 is 2.80 bits per heavy atom. The number of nitrogens with one attached hydrogen (secondary N) is 2. The molecule has 0 aliphatic carbocycles. The Morgan fingerprint density at radius 1 is 1.80 bits per heavy atom. The number of carbonyl (C=O) groups is 2. The summed E-state index contributed by atoms with van der Waals surface area (Å²) in [5.74, 6) is -1.37. The fraction of sp³-hybridized carbons (Fsp3) is 0.400. The summed E-state index contributed by atoms with van der Waals surface area (Å²) in [7, 11) is 0. The van der Waals surface area contributed by atoms with Gasteiger partial charge in [-0.25, -0.2) is 4.79 Å². The predicted octanol–water partition coefficient (Wildman–Crippen LogP) is -0.727. The number of amides is 1. The van der Waals surface area contributed by atoms with Gasteiger partial charge in [0.25, 0.3) is 0 Å². The SMILES string of the molecule is CCOC(=O)C(=N)NC=O. The maximum atomic E-state index is 10.5. The highest BCUT2D eigenvalue weighted by Gasteiger charge is 2.07. The minimum absolute atomic E-state index is 0.196. The second-order valence-corrected chi connectivity index (χ2v) is 1.36. The minimum Gasteiger partial charge on any atom is -0.460 e. The van der Waals surface area contributed by atoms with Crippen LogP contribution in [0.4, 0.5) is 0 Å². The van der Waals surface area contributed by atoms with Crippen molar-refractivity contribution in [1.29, 1.82) is 5.41 Å². The average Bonchev–Trinajstić information content (AvgIpc) is 1.89. The van der Waals surface area contributed by atoms with Crippen LogP contribution in [0.2, 0.25) is 0 Å². The molecule has 5 heteroatoms. The molecule has 0 saturated heterocycles. The van der Waals surface area contributed by atoms with Gasteiger partial charge in [-0.1, -0.05) is 0 Å². The lowest BCUT2D eigenvalue weighted by molar-refractivity contribution is -0.135. The number of ether oxygens (including phenoxy) is 1. The summed E-state index contributed by atoms with van der Waals surface area (Å²) >= 11 is 0. The van der Waals surface area contributed by atoms with Gasteiger partial charge in [0.2, 0.25) is 12.2 Å². The Hall–Kier alpha value is -1.39. The van der Waals surface area contributed by atoms with E-state index in [2.05, 4.69) is 4.74 Å². The maximum absolute atomic E-state index is 10.5. The molecule has 0 aliphatic rings. The third kappa shape index (κ3) is 2.81. The molecule has 56 valence electrons. The normalized spacial score (nSPS) is 8.10. The zero-order chi connectivity index (χ0) is 7.98. The molecule has 5 nitrogen and oxygen atoms in total. The lowest BCUT2D eigenvalue weighted by atomic mass is 10.6. The van der Waals surface area contributed by atoms with Gasteiger partial charge in [-0.2, -0.15) is 0 Å². The van der Waals surface area contributed by atoms with Gasteiger partial charge in [0.1, 0.15) is 0 Å². The lowest BCUT2D eigenvalue weighted by Crippen LogP contribution is -2.30. The van der Waals surface area contributed by atoms with E-state index in [1.165, 1.54) is 0 Å². The van der Waals surface area contributed by atoms with Crippen molar-refractivity contribution in [3.8, 4) is 0 Å². The molecule has 1 amide bonds. The summed E-state index contributed by atoms with van der Waals surface area (Å²) in [5, 5.41) is 8.64. The highest BCUT2D eigenvalue weighted by Crippen LogP contribution is 1.76. The van der Waals surface area contributed by atoms with Crippen molar-refractivity contribution >= 4 is 18.2 Å². The molecule has 0 fully saturated rings. The molecule has 0 aromatic rings. The van der Waals surface area contributed by atoms with E-state index in [4.69, 9.17) is 5.41 Å². The van der Waals surface area contributed by atoms with Crippen molar-refractivity contribution in [2.24, 2.45) is 0 Å². The van der Waals surface area contributed by atoms with Gasteiger partial charge in [-0.3, -0.25) is 10.2 Å².